The van der Waals surface area contributed by atoms with E-state index in [9.17, 15) is 9.59 Å². The molecule has 1 aromatic rings. The Morgan fingerprint density at radius 3 is 2.90 bits per heavy atom. The van der Waals surface area contributed by atoms with Gasteiger partial charge in [-0.15, -0.1) is 0 Å². The Morgan fingerprint density at radius 2 is 2.30 bits per heavy atom. The number of hydrogen-bond donors (Lipinski definition) is 3. The SMILES string of the molecule is O=C(O)CN(CC1CC1)C(=O)NCCCc1ncn[nH]1. The third kappa shape index (κ3) is 4.87. The molecule has 2 amide bonds. The largest absolute Gasteiger partial charge is 0.480 e. The fraction of sp³-hybridized carbons (Fsp3) is 0.667. The molecule has 20 heavy (non-hydrogen) atoms. The molecule has 2 rings (SSSR count). The number of carbonyl (C=O) groups excluding carboxylic acids is 1. The average Bonchev–Trinajstić information content (AvgIpc) is 3.06. The lowest BCUT2D eigenvalue weighted by atomic mass is 10.3. The molecule has 3 N–H and O–H groups in total. The highest BCUT2D eigenvalue weighted by molar-refractivity contribution is 5.80. The molecule has 0 aromatic carbocycles. The number of aliphatic carboxylic acids is 1. The predicted octanol–water partition coefficient (Wildman–Crippen LogP) is 0.243. The minimum absolute atomic E-state index is 0.246. The van der Waals surface area contributed by atoms with E-state index in [1.54, 1.807) is 0 Å². The van der Waals surface area contributed by atoms with Crippen LogP contribution in [0.25, 0.3) is 0 Å². The van der Waals surface area contributed by atoms with Crippen LogP contribution in [0.1, 0.15) is 25.1 Å². The summed E-state index contributed by atoms with van der Waals surface area (Å²) >= 11 is 0. The van der Waals surface area contributed by atoms with Crippen molar-refractivity contribution in [1.29, 1.82) is 0 Å². The van der Waals surface area contributed by atoms with E-state index < -0.39 is 5.97 Å². The van der Waals surface area contributed by atoms with Gasteiger partial charge in [-0.05, 0) is 25.2 Å². The van der Waals surface area contributed by atoms with Crippen LogP contribution in [0.15, 0.2) is 6.33 Å². The van der Waals surface area contributed by atoms with E-state index in [1.165, 1.54) is 11.2 Å². The molecule has 110 valence electrons. The molecule has 1 heterocycles. The summed E-state index contributed by atoms with van der Waals surface area (Å²) in [5.41, 5.74) is 0. The summed E-state index contributed by atoms with van der Waals surface area (Å²) in [5, 5.41) is 18.1. The van der Waals surface area contributed by atoms with Crippen LogP contribution < -0.4 is 5.32 Å². The Bertz CT molecular complexity index is 444. The van der Waals surface area contributed by atoms with Crippen molar-refractivity contribution in [2.45, 2.75) is 25.7 Å². The number of aromatic amines is 1. The third-order valence-corrected chi connectivity index (χ3v) is 3.12. The maximum atomic E-state index is 11.9. The molecular formula is C12H19N5O3. The standard InChI is InChI=1S/C12H19N5O3/c18-11(19)7-17(6-9-3-4-9)12(20)13-5-1-2-10-14-8-15-16-10/h8-9H,1-7H2,(H,13,20)(H,18,19)(H,14,15,16). The minimum Gasteiger partial charge on any atom is -0.480 e. The van der Waals surface area contributed by atoms with Crippen LogP contribution in [-0.4, -0.2) is 56.8 Å². The normalized spacial score (nSPS) is 14.0. The topological polar surface area (TPSA) is 111 Å². The fourth-order valence-electron chi connectivity index (χ4n) is 1.91. The maximum absolute atomic E-state index is 11.9. The van der Waals surface area contributed by atoms with E-state index in [1.807, 2.05) is 0 Å². The van der Waals surface area contributed by atoms with Gasteiger partial charge in [0.15, 0.2) is 0 Å². The Balaban J connectivity index is 1.68. The van der Waals surface area contributed by atoms with E-state index in [-0.39, 0.29) is 12.6 Å². The second-order valence-corrected chi connectivity index (χ2v) is 4.99. The number of urea groups is 1. The van der Waals surface area contributed by atoms with E-state index in [0.717, 1.165) is 25.1 Å². The van der Waals surface area contributed by atoms with Gasteiger partial charge in [-0.1, -0.05) is 0 Å². The number of aryl methyl sites for hydroxylation is 1. The van der Waals surface area contributed by atoms with E-state index >= 15 is 0 Å². The van der Waals surface area contributed by atoms with E-state index in [0.29, 0.717) is 25.4 Å². The van der Waals surface area contributed by atoms with Gasteiger partial charge in [-0.3, -0.25) is 9.89 Å². The zero-order chi connectivity index (χ0) is 14.4. The highest BCUT2D eigenvalue weighted by atomic mass is 16.4. The van der Waals surface area contributed by atoms with Crippen molar-refractivity contribution in [1.82, 2.24) is 25.4 Å². The van der Waals surface area contributed by atoms with Crippen LogP contribution in [0.4, 0.5) is 4.79 Å². The number of amides is 2. The van der Waals surface area contributed by atoms with Crippen molar-refractivity contribution in [2.24, 2.45) is 5.92 Å². The van der Waals surface area contributed by atoms with Gasteiger partial charge >= 0.3 is 12.0 Å². The number of rotatable bonds is 8. The molecule has 0 spiro atoms. The molecule has 0 aliphatic heterocycles. The van der Waals surface area contributed by atoms with Gasteiger partial charge in [0.05, 0.1) is 0 Å². The number of hydrogen-bond acceptors (Lipinski definition) is 4. The zero-order valence-corrected chi connectivity index (χ0v) is 11.2. The highest BCUT2D eigenvalue weighted by Crippen LogP contribution is 2.29. The number of carboxylic acid groups (broad SMARTS) is 1. The van der Waals surface area contributed by atoms with Gasteiger partial charge in [0.25, 0.3) is 0 Å². The van der Waals surface area contributed by atoms with Crippen molar-refractivity contribution < 1.29 is 14.7 Å². The van der Waals surface area contributed by atoms with Crippen LogP contribution in [0.2, 0.25) is 0 Å². The first-order chi connectivity index (χ1) is 9.65. The number of nitrogens with zero attached hydrogens (tertiary/aromatic N) is 3. The summed E-state index contributed by atoms with van der Waals surface area (Å²) in [6.07, 6.45) is 5.02. The van der Waals surface area contributed by atoms with E-state index in [2.05, 4.69) is 20.5 Å². The summed E-state index contributed by atoms with van der Waals surface area (Å²) in [7, 11) is 0. The molecule has 1 aliphatic carbocycles. The fourth-order valence-corrected chi connectivity index (χ4v) is 1.91. The van der Waals surface area contributed by atoms with Gasteiger partial charge < -0.3 is 15.3 Å². The van der Waals surface area contributed by atoms with Gasteiger partial charge in [0.2, 0.25) is 0 Å². The van der Waals surface area contributed by atoms with Crippen molar-refractivity contribution in [3.8, 4) is 0 Å². The van der Waals surface area contributed by atoms with Gasteiger partial charge in [-0.2, -0.15) is 5.10 Å². The zero-order valence-electron chi connectivity index (χ0n) is 11.2. The summed E-state index contributed by atoms with van der Waals surface area (Å²) in [6, 6.07) is -0.308. The predicted molar refractivity (Wildman–Crippen MR) is 70.0 cm³/mol. The van der Waals surface area contributed by atoms with Gasteiger partial charge in [0.1, 0.15) is 18.7 Å². The average molecular weight is 281 g/mol. The van der Waals surface area contributed by atoms with Crippen LogP contribution in [0.3, 0.4) is 0 Å². The second-order valence-electron chi connectivity index (χ2n) is 4.99. The lowest BCUT2D eigenvalue weighted by molar-refractivity contribution is -0.137. The summed E-state index contributed by atoms with van der Waals surface area (Å²) in [5.74, 6) is 0.261. The monoisotopic (exact) mass is 281 g/mol. The van der Waals surface area contributed by atoms with Crippen LogP contribution in [0, 0.1) is 5.92 Å². The lowest BCUT2D eigenvalue weighted by Gasteiger charge is -2.20. The lowest BCUT2D eigenvalue weighted by Crippen LogP contribution is -2.44. The molecule has 1 saturated carbocycles. The molecule has 0 atom stereocenters. The minimum atomic E-state index is -0.984. The molecule has 0 saturated heterocycles. The molecule has 0 unspecified atom stereocenters. The molecule has 8 heteroatoms. The number of carboxylic acids is 1. The van der Waals surface area contributed by atoms with Crippen LogP contribution in [-0.2, 0) is 11.2 Å². The molecule has 0 bridgehead atoms. The number of aromatic nitrogens is 3. The van der Waals surface area contributed by atoms with Crippen LogP contribution >= 0.6 is 0 Å². The summed E-state index contributed by atoms with van der Waals surface area (Å²) < 4.78 is 0. The van der Waals surface area contributed by atoms with Crippen LogP contribution in [0.5, 0.6) is 0 Å². The molecule has 1 aliphatic rings. The highest BCUT2D eigenvalue weighted by Gasteiger charge is 2.27. The molecule has 1 aromatic heterocycles. The smallest absolute Gasteiger partial charge is 0.323 e. The summed E-state index contributed by atoms with van der Waals surface area (Å²) in [6.45, 7) is 0.769. The van der Waals surface area contributed by atoms with Crippen molar-refractivity contribution in [3.63, 3.8) is 0 Å². The third-order valence-electron chi connectivity index (χ3n) is 3.12. The quantitative estimate of drug-likeness (QED) is 0.591. The molecule has 0 radical (unpaired) electrons. The number of carbonyl (C=O) groups is 2. The van der Waals surface area contributed by atoms with Gasteiger partial charge in [0, 0.05) is 19.5 Å². The van der Waals surface area contributed by atoms with Crippen molar-refractivity contribution in [3.05, 3.63) is 12.2 Å². The molecule has 8 nitrogen and oxygen atoms in total. The Kier molecular flexibility index (Phi) is 4.91. The molecular weight excluding hydrogens is 262 g/mol. The second kappa shape index (κ2) is 6.88. The maximum Gasteiger partial charge on any atom is 0.323 e. The Labute approximate surface area is 116 Å². The molecule has 1 fully saturated rings. The Morgan fingerprint density at radius 1 is 1.50 bits per heavy atom. The first-order valence-corrected chi connectivity index (χ1v) is 6.74. The Hall–Kier alpha value is -2.12. The van der Waals surface area contributed by atoms with Crippen molar-refractivity contribution in [2.75, 3.05) is 19.6 Å². The summed E-state index contributed by atoms with van der Waals surface area (Å²) in [4.78, 5) is 28.0. The van der Waals surface area contributed by atoms with Gasteiger partial charge in [-0.25, -0.2) is 9.78 Å². The van der Waals surface area contributed by atoms with Crippen molar-refractivity contribution >= 4 is 12.0 Å². The first-order valence-electron chi connectivity index (χ1n) is 6.74. The number of H-pyrrole nitrogens is 1. The first kappa shape index (κ1) is 14.3. The van der Waals surface area contributed by atoms with E-state index in [4.69, 9.17) is 5.11 Å². The number of nitrogens with one attached hydrogen (secondary N) is 2.